The molecule has 1 saturated heterocycles. The van der Waals surface area contributed by atoms with E-state index in [9.17, 15) is 0 Å². The van der Waals surface area contributed by atoms with E-state index in [0.717, 1.165) is 13.2 Å². The minimum atomic E-state index is 0.552. The number of rotatable bonds is 2. The SMILES string of the molecule is c1ccc2c(c1)CCCC2NC1CCOC1. The van der Waals surface area contributed by atoms with Crippen LogP contribution in [0, 0.1) is 0 Å². The fourth-order valence-corrected chi connectivity index (χ4v) is 2.88. The molecule has 1 fully saturated rings. The Labute approximate surface area is 97.0 Å². The molecule has 1 heterocycles. The fraction of sp³-hybridized carbons (Fsp3) is 0.571. The van der Waals surface area contributed by atoms with Crippen molar-refractivity contribution in [2.75, 3.05) is 13.2 Å². The van der Waals surface area contributed by atoms with Crippen LogP contribution in [0.5, 0.6) is 0 Å². The Morgan fingerprint density at radius 2 is 2.12 bits per heavy atom. The van der Waals surface area contributed by atoms with Crippen LogP contribution in [0.15, 0.2) is 24.3 Å². The molecule has 0 saturated carbocycles. The molecule has 0 amide bonds. The lowest BCUT2D eigenvalue weighted by Gasteiger charge is -2.28. The summed E-state index contributed by atoms with van der Waals surface area (Å²) in [6, 6.07) is 9.98. The lowest BCUT2D eigenvalue weighted by molar-refractivity contribution is 0.187. The number of fused-ring (bicyclic) bond motifs is 1. The number of aryl methyl sites for hydroxylation is 1. The van der Waals surface area contributed by atoms with Crippen LogP contribution in [-0.4, -0.2) is 19.3 Å². The Hall–Kier alpha value is -0.860. The first-order valence-electron chi connectivity index (χ1n) is 6.35. The van der Waals surface area contributed by atoms with Gasteiger partial charge in [-0.15, -0.1) is 0 Å². The van der Waals surface area contributed by atoms with E-state index in [1.165, 1.54) is 36.8 Å². The van der Waals surface area contributed by atoms with Crippen molar-refractivity contribution in [2.45, 2.75) is 37.8 Å². The van der Waals surface area contributed by atoms with E-state index in [1.54, 1.807) is 0 Å². The monoisotopic (exact) mass is 217 g/mol. The molecule has 0 aromatic heterocycles. The van der Waals surface area contributed by atoms with Crippen molar-refractivity contribution in [1.29, 1.82) is 0 Å². The highest BCUT2D eigenvalue weighted by molar-refractivity contribution is 5.32. The molecule has 0 spiro atoms. The summed E-state index contributed by atoms with van der Waals surface area (Å²) < 4.78 is 5.42. The number of hydrogen-bond acceptors (Lipinski definition) is 2. The maximum absolute atomic E-state index is 5.42. The second-order valence-corrected chi connectivity index (χ2v) is 4.87. The van der Waals surface area contributed by atoms with Crippen LogP contribution < -0.4 is 5.32 Å². The lowest BCUT2D eigenvalue weighted by Crippen LogP contribution is -2.34. The largest absolute Gasteiger partial charge is 0.380 e. The first kappa shape index (κ1) is 10.3. The zero-order valence-corrected chi connectivity index (χ0v) is 9.61. The van der Waals surface area contributed by atoms with E-state index in [1.807, 2.05) is 0 Å². The third-order valence-corrected chi connectivity index (χ3v) is 3.74. The summed E-state index contributed by atoms with van der Waals surface area (Å²) in [7, 11) is 0. The van der Waals surface area contributed by atoms with E-state index in [2.05, 4.69) is 29.6 Å². The van der Waals surface area contributed by atoms with E-state index in [0.29, 0.717) is 12.1 Å². The minimum Gasteiger partial charge on any atom is -0.380 e. The van der Waals surface area contributed by atoms with Crippen molar-refractivity contribution in [1.82, 2.24) is 5.32 Å². The Kier molecular flexibility index (Phi) is 2.94. The molecule has 2 unspecified atom stereocenters. The molecule has 2 atom stereocenters. The first-order valence-corrected chi connectivity index (χ1v) is 6.35. The number of benzene rings is 1. The number of ether oxygens (including phenoxy) is 1. The van der Waals surface area contributed by atoms with Crippen LogP contribution in [0.3, 0.4) is 0 Å². The van der Waals surface area contributed by atoms with E-state index >= 15 is 0 Å². The summed E-state index contributed by atoms with van der Waals surface area (Å²) in [6.07, 6.45) is 4.99. The summed E-state index contributed by atoms with van der Waals surface area (Å²) in [5.74, 6) is 0. The van der Waals surface area contributed by atoms with Crippen LogP contribution in [0.25, 0.3) is 0 Å². The minimum absolute atomic E-state index is 0.552. The molecular formula is C14H19NO. The molecule has 1 aliphatic carbocycles. The van der Waals surface area contributed by atoms with Crippen molar-refractivity contribution in [3.8, 4) is 0 Å². The highest BCUT2D eigenvalue weighted by Crippen LogP contribution is 2.30. The molecule has 1 aliphatic heterocycles. The van der Waals surface area contributed by atoms with Crippen molar-refractivity contribution in [2.24, 2.45) is 0 Å². The van der Waals surface area contributed by atoms with Crippen molar-refractivity contribution < 1.29 is 4.74 Å². The van der Waals surface area contributed by atoms with Gasteiger partial charge in [-0.1, -0.05) is 24.3 Å². The van der Waals surface area contributed by atoms with Crippen molar-refractivity contribution in [3.05, 3.63) is 35.4 Å². The van der Waals surface area contributed by atoms with Gasteiger partial charge in [0.05, 0.1) is 6.61 Å². The number of hydrogen-bond donors (Lipinski definition) is 1. The zero-order chi connectivity index (χ0) is 10.8. The summed E-state index contributed by atoms with van der Waals surface area (Å²) in [5.41, 5.74) is 3.05. The molecule has 2 nitrogen and oxygen atoms in total. The third-order valence-electron chi connectivity index (χ3n) is 3.74. The molecule has 2 heteroatoms. The van der Waals surface area contributed by atoms with E-state index in [-0.39, 0.29) is 0 Å². The second kappa shape index (κ2) is 4.56. The molecule has 1 N–H and O–H groups in total. The zero-order valence-electron chi connectivity index (χ0n) is 9.61. The smallest absolute Gasteiger partial charge is 0.0620 e. The Morgan fingerprint density at radius 3 is 3.00 bits per heavy atom. The van der Waals surface area contributed by atoms with Gasteiger partial charge in [0.1, 0.15) is 0 Å². The van der Waals surface area contributed by atoms with Gasteiger partial charge in [0.25, 0.3) is 0 Å². The van der Waals surface area contributed by atoms with Gasteiger partial charge >= 0.3 is 0 Å². The van der Waals surface area contributed by atoms with E-state index < -0.39 is 0 Å². The average molecular weight is 217 g/mol. The molecule has 3 rings (SSSR count). The summed E-state index contributed by atoms with van der Waals surface area (Å²) in [4.78, 5) is 0. The Bertz CT molecular complexity index is 358. The maximum atomic E-state index is 5.42. The molecular weight excluding hydrogens is 198 g/mol. The summed E-state index contributed by atoms with van der Waals surface area (Å²) >= 11 is 0. The molecule has 0 radical (unpaired) electrons. The topological polar surface area (TPSA) is 21.3 Å². The quantitative estimate of drug-likeness (QED) is 0.821. The van der Waals surface area contributed by atoms with Crippen LogP contribution in [0.1, 0.15) is 36.4 Å². The molecule has 1 aromatic rings. The Morgan fingerprint density at radius 1 is 1.19 bits per heavy atom. The van der Waals surface area contributed by atoms with Crippen molar-refractivity contribution in [3.63, 3.8) is 0 Å². The van der Waals surface area contributed by atoms with Crippen molar-refractivity contribution >= 4 is 0 Å². The standard InChI is InChI=1S/C14H19NO/c1-2-6-13-11(4-1)5-3-7-14(13)15-12-8-9-16-10-12/h1-2,4,6,12,14-15H,3,5,7-10H2. The molecule has 1 aromatic carbocycles. The molecule has 16 heavy (non-hydrogen) atoms. The lowest BCUT2D eigenvalue weighted by atomic mass is 9.87. The van der Waals surface area contributed by atoms with Crippen LogP contribution >= 0.6 is 0 Å². The van der Waals surface area contributed by atoms with Crippen LogP contribution in [-0.2, 0) is 11.2 Å². The van der Waals surface area contributed by atoms with Gasteiger partial charge < -0.3 is 10.1 Å². The first-order chi connectivity index (χ1) is 7.93. The second-order valence-electron chi connectivity index (χ2n) is 4.87. The van der Waals surface area contributed by atoms with Crippen LogP contribution in [0.2, 0.25) is 0 Å². The molecule has 86 valence electrons. The van der Waals surface area contributed by atoms with Gasteiger partial charge in [-0.2, -0.15) is 0 Å². The van der Waals surface area contributed by atoms with E-state index in [4.69, 9.17) is 4.74 Å². The average Bonchev–Trinajstić information content (AvgIpc) is 2.82. The molecule has 2 aliphatic rings. The predicted octanol–water partition coefficient (Wildman–Crippen LogP) is 2.44. The van der Waals surface area contributed by atoms with Gasteiger partial charge in [-0.05, 0) is 36.8 Å². The third kappa shape index (κ3) is 2.00. The van der Waals surface area contributed by atoms with Gasteiger partial charge in [-0.3, -0.25) is 0 Å². The fourth-order valence-electron chi connectivity index (χ4n) is 2.88. The summed E-state index contributed by atoms with van der Waals surface area (Å²) in [6.45, 7) is 1.81. The summed E-state index contributed by atoms with van der Waals surface area (Å²) in [5, 5.41) is 3.75. The Balaban J connectivity index is 1.76. The number of nitrogens with one attached hydrogen (secondary N) is 1. The highest BCUT2D eigenvalue weighted by Gasteiger charge is 2.24. The maximum Gasteiger partial charge on any atom is 0.0620 e. The van der Waals surface area contributed by atoms with Gasteiger partial charge in [0.15, 0.2) is 0 Å². The van der Waals surface area contributed by atoms with Crippen LogP contribution in [0.4, 0.5) is 0 Å². The van der Waals surface area contributed by atoms with Gasteiger partial charge in [0, 0.05) is 18.7 Å². The normalized spacial score (nSPS) is 29.0. The highest BCUT2D eigenvalue weighted by atomic mass is 16.5. The van der Waals surface area contributed by atoms with Gasteiger partial charge in [-0.25, -0.2) is 0 Å². The van der Waals surface area contributed by atoms with Gasteiger partial charge in [0.2, 0.25) is 0 Å². The molecule has 0 bridgehead atoms. The predicted molar refractivity (Wildman–Crippen MR) is 64.5 cm³/mol.